The fourth-order valence-corrected chi connectivity index (χ4v) is 2.26. The summed E-state index contributed by atoms with van der Waals surface area (Å²) in [7, 11) is 1.54. The van der Waals surface area contributed by atoms with E-state index in [4.69, 9.17) is 5.11 Å². The van der Waals surface area contributed by atoms with Crippen LogP contribution < -0.4 is 5.32 Å². The number of likely N-dealkylation sites (tertiary alicyclic amines) is 1. The Morgan fingerprint density at radius 1 is 1.37 bits per heavy atom. The normalized spacial score (nSPS) is 18.8. The van der Waals surface area contributed by atoms with E-state index in [2.05, 4.69) is 5.32 Å². The highest BCUT2D eigenvalue weighted by Crippen LogP contribution is 2.18. The summed E-state index contributed by atoms with van der Waals surface area (Å²) >= 11 is 0. The number of rotatable bonds is 4. The van der Waals surface area contributed by atoms with Crippen molar-refractivity contribution >= 4 is 17.9 Å². The number of piperidine rings is 1. The maximum atomic E-state index is 12.3. The van der Waals surface area contributed by atoms with E-state index in [0.717, 1.165) is 12.8 Å². The predicted octanol–water partition coefficient (Wildman–Crippen LogP) is 0.113. The van der Waals surface area contributed by atoms with E-state index >= 15 is 0 Å². The van der Waals surface area contributed by atoms with Crippen molar-refractivity contribution in [1.29, 1.82) is 0 Å². The molecule has 1 aliphatic heterocycles. The summed E-state index contributed by atoms with van der Waals surface area (Å²) in [5.74, 6) is -1.25. The number of likely N-dealkylation sites (N-methyl/N-ethyl adjacent to an activating group) is 2. The summed E-state index contributed by atoms with van der Waals surface area (Å²) in [5, 5.41) is 11.3. The molecular formula is C12H21N3O4. The Labute approximate surface area is 112 Å². The fourth-order valence-electron chi connectivity index (χ4n) is 2.26. The average molecular weight is 271 g/mol. The standard InChI is InChI=1S/C12H21N3O4/c1-3-14(8-10(16)17)12(19)15-7-5-4-6-9(15)11(18)13-2/h9H,3-8H2,1-2H3,(H,13,18)(H,16,17). The molecule has 7 heteroatoms. The molecule has 108 valence electrons. The number of nitrogens with one attached hydrogen (secondary N) is 1. The second kappa shape index (κ2) is 6.96. The van der Waals surface area contributed by atoms with Crippen LogP contribution in [0.5, 0.6) is 0 Å². The number of carboxylic acid groups (broad SMARTS) is 1. The van der Waals surface area contributed by atoms with Gasteiger partial charge in [-0.05, 0) is 26.2 Å². The molecule has 19 heavy (non-hydrogen) atoms. The molecule has 0 radical (unpaired) electrons. The molecule has 1 heterocycles. The lowest BCUT2D eigenvalue weighted by molar-refractivity contribution is -0.137. The Morgan fingerprint density at radius 2 is 2.05 bits per heavy atom. The number of hydrogen-bond donors (Lipinski definition) is 2. The zero-order valence-electron chi connectivity index (χ0n) is 11.4. The van der Waals surface area contributed by atoms with Gasteiger partial charge in [-0.3, -0.25) is 9.59 Å². The summed E-state index contributed by atoms with van der Waals surface area (Å²) in [6.07, 6.45) is 2.35. The molecule has 2 N–H and O–H groups in total. The van der Waals surface area contributed by atoms with Crippen molar-refractivity contribution in [2.75, 3.05) is 26.7 Å². The third kappa shape index (κ3) is 3.84. The van der Waals surface area contributed by atoms with Crippen LogP contribution in [-0.2, 0) is 9.59 Å². The molecule has 0 saturated carbocycles. The SMILES string of the molecule is CCN(CC(=O)O)C(=O)N1CCCCC1C(=O)NC. The average Bonchev–Trinajstić information content (AvgIpc) is 2.42. The lowest BCUT2D eigenvalue weighted by Gasteiger charge is -2.37. The summed E-state index contributed by atoms with van der Waals surface area (Å²) in [5.41, 5.74) is 0. The predicted molar refractivity (Wildman–Crippen MR) is 68.7 cm³/mol. The highest BCUT2D eigenvalue weighted by molar-refractivity contribution is 5.88. The van der Waals surface area contributed by atoms with E-state index in [0.29, 0.717) is 19.5 Å². The van der Waals surface area contributed by atoms with Crippen molar-refractivity contribution < 1.29 is 19.5 Å². The van der Waals surface area contributed by atoms with E-state index in [1.54, 1.807) is 6.92 Å². The first-order valence-corrected chi connectivity index (χ1v) is 6.50. The quantitative estimate of drug-likeness (QED) is 0.759. The monoisotopic (exact) mass is 271 g/mol. The first-order valence-electron chi connectivity index (χ1n) is 6.50. The van der Waals surface area contributed by atoms with Gasteiger partial charge in [-0.15, -0.1) is 0 Å². The second-order valence-electron chi connectivity index (χ2n) is 4.51. The minimum atomic E-state index is -1.05. The molecule has 1 aliphatic rings. The van der Waals surface area contributed by atoms with Crippen LogP contribution in [0.3, 0.4) is 0 Å². The highest BCUT2D eigenvalue weighted by atomic mass is 16.4. The Kier molecular flexibility index (Phi) is 5.59. The number of hydrogen-bond acceptors (Lipinski definition) is 3. The van der Waals surface area contributed by atoms with E-state index in [9.17, 15) is 14.4 Å². The number of carbonyl (C=O) groups is 3. The number of amides is 3. The Bertz CT molecular complexity index is 359. The molecule has 0 aliphatic carbocycles. The van der Waals surface area contributed by atoms with Crippen molar-refractivity contribution in [2.24, 2.45) is 0 Å². The van der Waals surface area contributed by atoms with Gasteiger partial charge in [0.2, 0.25) is 5.91 Å². The van der Waals surface area contributed by atoms with Crippen molar-refractivity contribution in [3.63, 3.8) is 0 Å². The second-order valence-corrected chi connectivity index (χ2v) is 4.51. The third-order valence-corrected chi connectivity index (χ3v) is 3.28. The number of urea groups is 1. The molecule has 0 aromatic carbocycles. The minimum absolute atomic E-state index is 0.195. The summed E-state index contributed by atoms with van der Waals surface area (Å²) in [6, 6.07) is -0.868. The van der Waals surface area contributed by atoms with Gasteiger partial charge in [-0.25, -0.2) is 4.79 Å². The molecule has 1 unspecified atom stereocenters. The Balaban J connectivity index is 2.80. The molecular weight excluding hydrogens is 250 g/mol. The van der Waals surface area contributed by atoms with Crippen LogP contribution in [-0.4, -0.2) is 65.5 Å². The summed E-state index contributed by atoms with van der Waals surface area (Å²) in [6.45, 7) is 2.18. The molecule has 0 bridgehead atoms. The van der Waals surface area contributed by atoms with Gasteiger partial charge >= 0.3 is 12.0 Å². The molecule has 7 nitrogen and oxygen atoms in total. The lowest BCUT2D eigenvalue weighted by atomic mass is 10.0. The topological polar surface area (TPSA) is 90.0 Å². The zero-order chi connectivity index (χ0) is 14.4. The number of carboxylic acids is 1. The molecule has 1 rings (SSSR count). The molecule has 0 aromatic heterocycles. The summed E-state index contributed by atoms with van der Waals surface area (Å²) < 4.78 is 0. The van der Waals surface area contributed by atoms with Crippen LogP contribution in [0.25, 0.3) is 0 Å². The van der Waals surface area contributed by atoms with Crippen LogP contribution in [0.15, 0.2) is 0 Å². The number of carbonyl (C=O) groups excluding carboxylic acids is 2. The number of nitrogens with zero attached hydrogens (tertiary/aromatic N) is 2. The minimum Gasteiger partial charge on any atom is -0.480 e. The zero-order valence-corrected chi connectivity index (χ0v) is 11.4. The van der Waals surface area contributed by atoms with E-state index in [1.807, 2.05) is 0 Å². The van der Waals surface area contributed by atoms with Crippen LogP contribution >= 0.6 is 0 Å². The van der Waals surface area contributed by atoms with Gasteiger partial charge in [0.25, 0.3) is 0 Å². The van der Waals surface area contributed by atoms with Crippen LogP contribution in [0.2, 0.25) is 0 Å². The maximum Gasteiger partial charge on any atom is 0.323 e. The molecule has 0 spiro atoms. The Hall–Kier alpha value is -1.79. The van der Waals surface area contributed by atoms with E-state index in [1.165, 1.54) is 16.8 Å². The van der Waals surface area contributed by atoms with E-state index < -0.39 is 12.0 Å². The molecule has 1 saturated heterocycles. The molecule has 1 fully saturated rings. The van der Waals surface area contributed by atoms with Crippen LogP contribution in [0.1, 0.15) is 26.2 Å². The summed E-state index contributed by atoms with van der Waals surface area (Å²) in [4.78, 5) is 37.5. The van der Waals surface area contributed by atoms with Gasteiger partial charge < -0.3 is 20.2 Å². The molecule has 0 aromatic rings. The van der Waals surface area contributed by atoms with Crippen LogP contribution in [0, 0.1) is 0 Å². The van der Waals surface area contributed by atoms with Crippen molar-refractivity contribution in [3.8, 4) is 0 Å². The highest BCUT2D eigenvalue weighted by Gasteiger charge is 2.34. The van der Waals surface area contributed by atoms with Crippen molar-refractivity contribution in [3.05, 3.63) is 0 Å². The first-order chi connectivity index (χ1) is 9.01. The maximum absolute atomic E-state index is 12.3. The fraction of sp³-hybridized carbons (Fsp3) is 0.750. The largest absolute Gasteiger partial charge is 0.480 e. The van der Waals surface area contributed by atoms with Crippen molar-refractivity contribution in [1.82, 2.24) is 15.1 Å². The lowest BCUT2D eigenvalue weighted by Crippen LogP contribution is -2.55. The smallest absolute Gasteiger partial charge is 0.323 e. The van der Waals surface area contributed by atoms with Gasteiger partial charge in [-0.1, -0.05) is 0 Å². The van der Waals surface area contributed by atoms with Gasteiger partial charge in [0, 0.05) is 20.1 Å². The van der Waals surface area contributed by atoms with E-state index in [-0.39, 0.29) is 18.5 Å². The molecule has 1 atom stereocenters. The van der Waals surface area contributed by atoms with Gasteiger partial charge in [0.05, 0.1) is 0 Å². The third-order valence-electron chi connectivity index (χ3n) is 3.28. The van der Waals surface area contributed by atoms with Gasteiger partial charge in [-0.2, -0.15) is 0 Å². The number of aliphatic carboxylic acids is 1. The molecule has 3 amide bonds. The first kappa shape index (κ1) is 15.3. The van der Waals surface area contributed by atoms with Gasteiger partial charge in [0.1, 0.15) is 12.6 Å². The van der Waals surface area contributed by atoms with Crippen molar-refractivity contribution in [2.45, 2.75) is 32.2 Å². The Morgan fingerprint density at radius 3 is 2.58 bits per heavy atom. The van der Waals surface area contributed by atoms with Crippen LogP contribution in [0.4, 0.5) is 4.79 Å². The van der Waals surface area contributed by atoms with Gasteiger partial charge in [0.15, 0.2) is 0 Å².